The largest absolute Gasteiger partial charge is 0.398 e. The molecule has 0 radical (unpaired) electrons. The van der Waals surface area contributed by atoms with Crippen LogP contribution in [0.5, 0.6) is 0 Å². The average molecular weight is 230 g/mol. The lowest BCUT2D eigenvalue weighted by molar-refractivity contribution is 0.425. The van der Waals surface area contributed by atoms with E-state index in [0.29, 0.717) is 0 Å². The fraction of sp³-hybridized carbons (Fsp3) is 0.308. The van der Waals surface area contributed by atoms with Gasteiger partial charge in [0.2, 0.25) is 0 Å². The van der Waals surface area contributed by atoms with Crippen LogP contribution in [-0.2, 0) is 0 Å². The van der Waals surface area contributed by atoms with Gasteiger partial charge < -0.3 is 16.0 Å². The molecule has 2 rings (SSSR count). The Morgan fingerprint density at radius 1 is 1.24 bits per heavy atom. The number of benzene rings is 1. The zero-order chi connectivity index (χ0) is 12.3. The van der Waals surface area contributed by atoms with E-state index in [1.54, 1.807) is 6.20 Å². The highest BCUT2D eigenvalue weighted by Gasteiger charge is 2.03. The molecule has 0 atom stereocenters. The summed E-state index contributed by atoms with van der Waals surface area (Å²) in [7, 11) is 4.12. The number of aromatic nitrogens is 1. The highest BCUT2D eigenvalue weighted by atomic mass is 15.1. The Kier molecular flexibility index (Phi) is 3.44. The summed E-state index contributed by atoms with van der Waals surface area (Å²) < 4.78 is 0. The van der Waals surface area contributed by atoms with Crippen molar-refractivity contribution in [2.24, 2.45) is 0 Å². The Hall–Kier alpha value is -1.81. The Labute approximate surface area is 101 Å². The van der Waals surface area contributed by atoms with Crippen LogP contribution in [-0.4, -0.2) is 37.1 Å². The molecule has 0 bridgehead atoms. The number of nitrogens with one attached hydrogen (secondary N) is 1. The number of nitrogen functional groups attached to an aromatic ring is 1. The molecule has 3 N–H and O–H groups in total. The topological polar surface area (TPSA) is 54.2 Å². The molecular formula is C13H18N4. The first-order valence-electron chi connectivity index (χ1n) is 5.69. The molecule has 1 heterocycles. The van der Waals surface area contributed by atoms with Crippen molar-refractivity contribution in [3.63, 3.8) is 0 Å². The normalized spacial score (nSPS) is 11.0. The summed E-state index contributed by atoms with van der Waals surface area (Å²) in [5, 5.41) is 5.54. The van der Waals surface area contributed by atoms with Crippen LogP contribution in [0.3, 0.4) is 0 Å². The summed E-state index contributed by atoms with van der Waals surface area (Å²) in [4.78, 5) is 6.30. The van der Waals surface area contributed by atoms with E-state index in [4.69, 9.17) is 5.73 Å². The van der Waals surface area contributed by atoms with E-state index in [-0.39, 0.29) is 0 Å². The van der Waals surface area contributed by atoms with Gasteiger partial charge in [0.25, 0.3) is 0 Å². The van der Waals surface area contributed by atoms with E-state index in [1.807, 2.05) is 24.4 Å². The molecule has 0 unspecified atom stereocenters. The fourth-order valence-corrected chi connectivity index (χ4v) is 1.78. The molecule has 90 valence electrons. The number of likely N-dealkylation sites (N-methyl/N-ethyl adjacent to an activating group) is 1. The summed E-state index contributed by atoms with van der Waals surface area (Å²) in [6.07, 6.45) is 3.62. The van der Waals surface area contributed by atoms with Gasteiger partial charge in [0.1, 0.15) is 0 Å². The number of hydrogen-bond acceptors (Lipinski definition) is 4. The molecular weight excluding hydrogens is 212 g/mol. The van der Waals surface area contributed by atoms with Crippen molar-refractivity contribution in [3.05, 3.63) is 30.6 Å². The molecule has 4 heteroatoms. The first-order valence-corrected chi connectivity index (χ1v) is 5.69. The van der Waals surface area contributed by atoms with Crippen LogP contribution in [0.4, 0.5) is 11.4 Å². The number of nitrogens with zero attached hydrogens (tertiary/aromatic N) is 2. The SMILES string of the molecule is CN(C)CCNc1ccc(N)c2ccncc12. The number of anilines is 2. The molecule has 2 aromatic rings. The van der Waals surface area contributed by atoms with E-state index in [9.17, 15) is 0 Å². The van der Waals surface area contributed by atoms with Gasteiger partial charge in [0.05, 0.1) is 0 Å². The van der Waals surface area contributed by atoms with Gasteiger partial charge in [-0.15, -0.1) is 0 Å². The van der Waals surface area contributed by atoms with Crippen LogP contribution in [0.2, 0.25) is 0 Å². The van der Waals surface area contributed by atoms with E-state index in [0.717, 1.165) is 35.2 Å². The molecule has 4 nitrogen and oxygen atoms in total. The van der Waals surface area contributed by atoms with Gasteiger partial charge in [-0.25, -0.2) is 0 Å². The Morgan fingerprint density at radius 2 is 2.06 bits per heavy atom. The summed E-state index contributed by atoms with van der Waals surface area (Å²) in [6, 6.07) is 5.89. The third-order valence-corrected chi connectivity index (χ3v) is 2.73. The molecule has 0 aliphatic heterocycles. The molecule has 0 spiro atoms. The lowest BCUT2D eigenvalue weighted by Gasteiger charge is -2.13. The van der Waals surface area contributed by atoms with Gasteiger partial charge in [-0.05, 0) is 32.3 Å². The van der Waals surface area contributed by atoms with E-state index >= 15 is 0 Å². The molecule has 1 aromatic carbocycles. The lowest BCUT2D eigenvalue weighted by Crippen LogP contribution is -2.20. The molecule has 0 aliphatic carbocycles. The van der Waals surface area contributed by atoms with Crippen molar-refractivity contribution in [1.29, 1.82) is 0 Å². The highest BCUT2D eigenvalue weighted by Crippen LogP contribution is 2.27. The lowest BCUT2D eigenvalue weighted by atomic mass is 10.1. The van der Waals surface area contributed by atoms with Crippen LogP contribution >= 0.6 is 0 Å². The molecule has 0 saturated carbocycles. The predicted molar refractivity (Wildman–Crippen MR) is 73.2 cm³/mol. The standard InChI is InChI=1S/C13H18N4/c1-17(2)8-7-16-13-4-3-12(14)10-5-6-15-9-11(10)13/h3-6,9,16H,7-8,14H2,1-2H3. The summed E-state index contributed by atoms with van der Waals surface area (Å²) in [5.74, 6) is 0. The Balaban J connectivity index is 2.26. The quantitative estimate of drug-likeness (QED) is 0.786. The summed E-state index contributed by atoms with van der Waals surface area (Å²) in [6.45, 7) is 1.90. The summed E-state index contributed by atoms with van der Waals surface area (Å²) >= 11 is 0. The van der Waals surface area contributed by atoms with E-state index in [2.05, 4.69) is 29.3 Å². The van der Waals surface area contributed by atoms with Crippen molar-refractivity contribution >= 4 is 22.1 Å². The molecule has 1 aromatic heterocycles. The third kappa shape index (κ3) is 2.65. The van der Waals surface area contributed by atoms with Gasteiger partial charge in [-0.2, -0.15) is 0 Å². The predicted octanol–water partition coefficient (Wildman–Crippen LogP) is 1.79. The second-order valence-corrected chi connectivity index (χ2v) is 4.35. The zero-order valence-corrected chi connectivity index (χ0v) is 10.3. The van der Waals surface area contributed by atoms with Crippen LogP contribution in [0.1, 0.15) is 0 Å². The number of fused-ring (bicyclic) bond motifs is 1. The maximum Gasteiger partial charge on any atom is 0.0437 e. The smallest absolute Gasteiger partial charge is 0.0437 e. The molecule has 0 fully saturated rings. The van der Waals surface area contributed by atoms with Gasteiger partial charge in [0, 0.05) is 47.6 Å². The van der Waals surface area contributed by atoms with Crippen molar-refractivity contribution < 1.29 is 0 Å². The number of pyridine rings is 1. The van der Waals surface area contributed by atoms with Crippen molar-refractivity contribution in [2.45, 2.75) is 0 Å². The molecule has 17 heavy (non-hydrogen) atoms. The maximum atomic E-state index is 5.94. The molecule has 0 aliphatic rings. The van der Waals surface area contributed by atoms with Crippen molar-refractivity contribution in [2.75, 3.05) is 38.2 Å². The van der Waals surface area contributed by atoms with Crippen LogP contribution in [0.15, 0.2) is 30.6 Å². The third-order valence-electron chi connectivity index (χ3n) is 2.73. The first-order chi connectivity index (χ1) is 8.18. The fourth-order valence-electron chi connectivity index (χ4n) is 1.78. The number of rotatable bonds is 4. The van der Waals surface area contributed by atoms with Gasteiger partial charge >= 0.3 is 0 Å². The minimum absolute atomic E-state index is 0.792. The van der Waals surface area contributed by atoms with Gasteiger partial charge in [0.15, 0.2) is 0 Å². The van der Waals surface area contributed by atoms with Crippen LogP contribution in [0.25, 0.3) is 10.8 Å². The molecule has 0 amide bonds. The van der Waals surface area contributed by atoms with Crippen LogP contribution in [0, 0.1) is 0 Å². The van der Waals surface area contributed by atoms with Gasteiger partial charge in [-0.3, -0.25) is 4.98 Å². The van der Waals surface area contributed by atoms with Gasteiger partial charge in [-0.1, -0.05) is 0 Å². The Bertz CT molecular complexity index is 508. The van der Waals surface area contributed by atoms with Crippen molar-refractivity contribution in [1.82, 2.24) is 9.88 Å². The van der Waals surface area contributed by atoms with Crippen molar-refractivity contribution in [3.8, 4) is 0 Å². The van der Waals surface area contributed by atoms with E-state index < -0.39 is 0 Å². The molecule has 0 saturated heterocycles. The van der Waals surface area contributed by atoms with E-state index in [1.165, 1.54) is 0 Å². The number of nitrogens with two attached hydrogens (primary N) is 1. The first kappa shape index (κ1) is 11.7. The monoisotopic (exact) mass is 230 g/mol. The Morgan fingerprint density at radius 3 is 2.82 bits per heavy atom. The summed E-state index contributed by atoms with van der Waals surface area (Å²) in [5.41, 5.74) is 7.82. The second-order valence-electron chi connectivity index (χ2n) is 4.35. The second kappa shape index (κ2) is 5.01. The minimum Gasteiger partial charge on any atom is -0.398 e. The minimum atomic E-state index is 0.792. The average Bonchev–Trinajstić information content (AvgIpc) is 2.32. The highest BCUT2D eigenvalue weighted by molar-refractivity contribution is 6.00. The zero-order valence-electron chi connectivity index (χ0n) is 10.3. The van der Waals surface area contributed by atoms with Crippen LogP contribution < -0.4 is 11.1 Å². The number of hydrogen-bond donors (Lipinski definition) is 2. The maximum absolute atomic E-state index is 5.94.